The van der Waals surface area contributed by atoms with Crippen LogP contribution >= 0.6 is 15.9 Å². The minimum absolute atomic E-state index is 0.0201. The summed E-state index contributed by atoms with van der Waals surface area (Å²) in [5.74, 6) is -3.93. The number of hydrogen-bond donors (Lipinski definition) is 2. The number of unbranched alkanes of at least 4 members (excludes halogenated alkanes) is 2. The summed E-state index contributed by atoms with van der Waals surface area (Å²) in [6.45, 7) is 12.0. The molecule has 0 bridgehead atoms. The first-order valence-electron chi connectivity index (χ1n) is 17.0. The Hall–Kier alpha value is -2.80. The first-order chi connectivity index (χ1) is 22.6. The molecule has 4 atom stereocenters. The first-order valence-corrected chi connectivity index (χ1v) is 17.8. The van der Waals surface area contributed by atoms with Crippen LogP contribution in [0.1, 0.15) is 106 Å². The summed E-state index contributed by atoms with van der Waals surface area (Å²) in [6.07, 6.45) is 3.34. The van der Waals surface area contributed by atoms with Crippen LogP contribution in [0.25, 0.3) is 5.76 Å². The zero-order valence-corrected chi connectivity index (χ0v) is 30.9. The van der Waals surface area contributed by atoms with Crippen molar-refractivity contribution >= 4 is 33.3 Å². The normalized spacial score (nSPS) is 23.7. The number of rotatable bonds is 12. The number of ketones is 2. The molecule has 3 aliphatic rings. The summed E-state index contributed by atoms with van der Waals surface area (Å²) < 4.78 is 34.8. The Kier molecular flexibility index (Phi) is 10.5. The zero-order valence-electron chi connectivity index (χ0n) is 29.3. The lowest BCUT2D eigenvalue weighted by molar-refractivity contribution is -0.142. The van der Waals surface area contributed by atoms with E-state index in [1.54, 1.807) is 19.0 Å². The fraction of sp³-hybridized carbons (Fsp3) is 0.639. The molecule has 48 heavy (non-hydrogen) atoms. The van der Waals surface area contributed by atoms with Gasteiger partial charge in [-0.2, -0.15) is 0 Å². The highest BCUT2D eigenvalue weighted by Crippen LogP contribution is 2.57. The van der Waals surface area contributed by atoms with Crippen molar-refractivity contribution < 1.29 is 38.2 Å². The zero-order chi connectivity index (χ0) is 35.3. The average molecular weight is 735 g/mol. The molecule has 2 aromatic rings. The van der Waals surface area contributed by atoms with Gasteiger partial charge in [0.25, 0.3) is 5.88 Å². The van der Waals surface area contributed by atoms with E-state index in [0.29, 0.717) is 36.2 Å². The van der Waals surface area contributed by atoms with E-state index in [4.69, 9.17) is 14.0 Å². The van der Waals surface area contributed by atoms with Crippen molar-refractivity contribution in [3.05, 3.63) is 43.9 Å². The van der Waals surface area contributed by atoms with Gasteiger partial charge < -0.3 is 29.1 Å². The van der Waals surface area contributed by atoms with E-state index in [9.17, 15) is 19.8 Å². The molecule has 1 aromatic heterocycles. The fourth-order valence-corrected chi connectivity index (χ4v) is 8.28. The van der Waals surface area contributed by atoms with Gasteiger partial charge in [-0.3, -0.25) is 14.5 Å². The van der Waals surface area contributed by atoms with Crippen molar-refractivity contribution in [2.45, 2.75) is 91.3 Å². The van der Waals surface area contributed by atoms with Gasteiger partial charge in [-0.1, -0.05) is 47.5 Å². The number of fused-ring (bicyclic) bond motifs is 4. The van der Waals surface area contributed by atoms with Crippen LogP contribution in [-0.4, -0.2) is 83.2 Å². The Morgan fingerprint density at radius 1 is 1.06 bits per heavy atom. The largest absolute Gasteiger partial charge is 0.507 e. The molecular formula is C36H49BrFN3O7. The van der Waals surface area contributed by atoms with Crippen LogP contribution in [0.5, 0.6) is 11.6 Å². The molecule has 264 valence electrons. The lowest BCUT2D eigenvalue weighted by Gasteiger charge is -2.49. The maximum absolute atomic E-state index is 16.7. The fourth-order valence-electron chi connectivity index (χ4n) is 7.67. The van der Waals surface area contributed by atoms with E-state index >= 15 is 4.39 Å². The Morgan fingerprint density at radius 3 is 2.31 bits per heavy atom. The summed E-state index contributed by atoms with van der Waals surface area (Å²) in [7, 11) is 5.47. The number of nitrogens with zero attached hydrogens (tertiary/aromatic N) is 3. The average Bonchev–Trinajstić information content (AvgIpc) is 3.41. The predicted octanol–water partition coefficient (Wildman–Crippen LogP) is 6.67. The Morgan fingerprint density at radius 2 is 1.71 bits per heavy atom. The number of aliphatic hydroxyl groups is 2. The van der Waals surface area contributed by atoms with Crippen molar-refractivity contribution in [2.24, 2.45) is 17.3 Å². The molecule has 1 heterocycles. The van der Waals surface area contributed by atoms with Gasteiger partial charge in [0, 0.05) is 35.7 Å². The number of ether oxygens (including phenoxy) is 2. The van der Waals surface area contributed by atoms with Gasteiger partial charge in [0.05, 0.1) is 29.3 Å². The highest BCUT2D eigenvalue weighted by Gasteiger charge is 2.65. The van der Waals surface area contributed by atoms with Gasteiger partial charge in [0.2, 0.25) is 11.6 Å². The third kappa shape index (κ3) is 6.22. The highest BCUT2D eigenvalue weighted by molar-refractivity contribution is 9.10. The third-order valence-corrected chi connectivity index (χ3v) is 10.5. The minimum atomic E-state index is -2.53. The maximum atomic E-state index is 16.7. The number of hydrogen-bond acceptors (Lipinski definition) is 10. The highest BCUT2D eigenvalue weighted by atomic mass is 79.9. The quantitative estimate of drug-likeness (QED) is 0.180. The minimum Gasteiger partial charge on any atom is -0.507 e. The molecule has 10 nitrogen and oxygen atoms in total. The maximum Gasteiger partial charge on any atom is 0.265 e. The van der Waals surface area contributed by atoms with E-state index in [2.05, 4.69) is 41.9 Å². The second-order valence-corrected chi connectivity index (χ2v) is 15.8. The van der Waals surface area contributed by atoms with E-state index in [-0.39, 0.29) is 64.5 Å². The van der Waals surface area contributed by atoms with Crippen LogP contribution in [-0.2, 0) is 17.8 Å². The number of aliphatic hydroxyl groups excluding tert-OH is 1. The number of aromatic nitrogens is 1. The van der Waals surface area contributed by atoms with Crippen LogP contribution in [0.15, 0.2) is 14.6 Å². The Bertz CT molecular complexity index is 1610. The molecule has 0 amide bonds. The van der Waals surface area contributed by atoms with Crippen LogP contribution < -0.4 is 9.47 Å². The van der Waals surface area contributed by atoms with Crippen molar-refractivity contribution in [1.82, 2.24) is 15.0 Å². The Labute approximate surface area is 290 Å². The molecule has 1 fully saturated rings. The molecule has 0 saturated heterocycles. The van der Waals surface area contributed by atoms with Gasteiger partial charge in [0.15, 0.2) is 11.4 Å². The number of benzene rings is 1. The monoisotopic (exact) mass is 733 g/mol. The van der Waals surface area contributed by atoms with Crippen molar-refractivity contribution in [3.63, 3.8) is 0 Å². The molecule has 1 aromatic carbocycles. The first kappa shape index (κ1) is 36.5. The predicted molar refractivity (Wildman–Crippen MR) is 183 cm³/mol. The summed E-state index contributed by atoms with van der Waals surface area (Å²) in [4.78, 5) is 32.6. The molecule has 1 saturated carbocycles. The lowest BCUT2D eigenvalue weighted by Crippen LogP contribution is -2.63. The summed E-state index contributed by atoms with van der Waals surface area (Å²) in [6, 6.07) is -0.711. The summed E-state index contributed by atoms with van der Waals surface area (Å²) >= 11 is 3.60. The molecule has 0 spiro atoms. The molecule has 0 aliphatic heterocycles. The SMILES string of the molecule is CCCCOc1noc2c1C(=O)[C@@]1(O)C(=O)C3=C(O)c4c(c(F)c(CN(C)CC(C)(C)C)c(Br)c4OCCCC)C[C@H]3C[C@H]1[C@@H]2N(C)C. The van der Waals surface area contributed by atoms with Crippen LogP contribution in [0.3, 0.4) is 0 Å². The molecule has 5 rings (SSSR count). The van der Waals surface area contributed by atoms with Gasteiger partial charge in [-0.25, -0.2) is 4.39 Å². The standard InChI is InChI=1S/C36H49BrFN3O7/c1-9-11-13-46-30-24-20(27(38)21(26(30)37)17-41(8)18-35(3,4)5)15-19-16-22-28(40(6)7)31-25(34(39-48-31)47-14-12-10-2)33(44)36(22,45)32(43)23(19)29(24)42/h19,22,28,42,45H,9-18H2,1-8H3/t19-,22-,28-,36-/m0/s1. The number of halogens is 2. The molecule has 2 N–H and O–H groups in total. The molecule has 0 radical (unpaired) electrons. The smallest absolute Gasteiger partial charge is 0.265 e. The number of carbonyl (C=O) groups is 2. The van der Waals surface area contributed by atoms with E-state index in [1.165, 1.54) is 0 Å². The van der Waals surface area contributed by atoms with Gasteiger partial charge in [-0.15, -0.1) is 0 Å². The van der Waals surface area contributed by atoms with Gasteiger partial charge >= 0.3 is 0 Å². The Balaban J connectivity index is 1.65. The number of carbonyl (C=O) groups excluding carboxylic acids is 2. The summed E-state index contributed by atoms with van der Waals surface area (Å²) in [5, 5.41) is 28.3. The second kappa shape index (κ2) is 13.8. The van der Waals surface area contributed by atoms with Gasteiger partial charge in [0.1, 0.15) is 22.9 Å². The molecular weight excluding hydrogens is 685 g/mol. The van der Waals surface area contributed by atoms with Gasteiger partial charge in [-0.05, 0) is 79.2 Å². The van der Waals surface area contributed by atoms with E-state index < -0.39 is 46.6 Å². The van der Waals surface area contributed by atoms with Crippen molar-refractivity contribution in [3.8, 4) is 11.6 Å². The second-order valence-electron chi connectivity index (χ2n) is 15.0. The molecule has 12 heteroatoms. The molecule has 3 aliphatic carbocycles. The molecule has 0 unspecified atom stereocenters. The van der Waals surface area contributed by atoms with Crippen LogP contribution in [0.4, 0.5) is 4.39 Å². The van der Waals surface area contributed by atoms with E-state index in [0.717, 1.165) is 19.3 Å². The summed E-state index contributed by atoms with van der Waals surface area (Å²) in [5.41, 5.74) is -1.96. The van der Waals surface area contributed by atoms with Crippen LogP contribution in [0.2, 0.25) is 0 Å². The number of Topliss-reactive ketones (excluding diaryl/α,β-unsaturated/α-hetero) is 2. The van der Waals surface area contributed by atoms with Crippen molar-refractivity contribution in [2.75, 3.05) is 40.9 Å². The van der Waals surface area contributed by atoms with E-state index in [1.807, 2.05) is 25.8 Å². The van der Waals surface area contributed by atoms with Crippen molar-refractivity contribution in [1.29, 1.82) is 0 Å². The lowest BCUT2D eigenvalue weighted by atomic mass is 9.57. The van der Waals surface area contributed by atoms with Crippen LogP contribution in [0, 0.1) is 23.1 Å². The topological polar surface area (TPSA) is 126 Å². The third-order valence-electron chi connectivity index (χ3n) is 9.66.